The monoisotopic (exact) mass is 332 g/mol. The van der Waals surface area contributed by atoms with Gasteiger partial charge in [0.25, 0.3) is 0 Å². The highest BCUT2D eigenvalue weighted by atomic mass is 16.2. The van der Waals surface area contributed by atoms with E-state index in [2.05, 4.69) is 32.9 Å². The fourth-order valence-electron chi connectivity index (χ4n) is 3.17. The van der Waals surface area contributed by atoms with Crippen LogP contribution in [-0.4, -0.2) is 72.2 Å². The Bertz CT molecular complexity index is 581. The standard InChI is InChI=1S/C16H24N6O2/c1-21-7-4-13(10-21)18-15(23)19-14-5-8-22(11-14)16(24)20-12-3-2-6-17-9-12/h2-3,6,9,13-14H,4-5,7-8,10-11H2,1H3,(H,20,24)(H2,18,19,23)/t13-,14-/m1/s1. The summed E-state index contributed by atoms with van der Waals surface area (Å²) in [5, 5.41) is 8.78. The van der Waals surface area contributed by atoms with Crippen LogP contribution in [0.2, 0.25) is 0 Å². The molecule has 0 aromatic carbocycles. The second-order valence-corrected chi connectivity index (χ2v) is 6.47. The van der Waals surface area contributed by atoms with Gasteiger partial charge in [0.05, 0.1) is 11.9 Å². The van der Waals surface area contributed by atoms with Crippen LogP contribution in [0, 0.1) is 0 Å². The molecule has 24 heavy (non-hydrogen) atoms. The summed E-state index contributed by atoms with van der Waals surface area (Å²) in [7, 11) is 2.05. The Labute approximate surface area is 141 Å². The van der Waals surface area contributed by atoms with Gasteiger partial charge in [0.15, 0.2) is 0 Å². The van der Waals surface area contributed by atoms with Crippen LogP contribution in [0.1, 0.15) is 12.8 Å². The molecule has 2 fully saturated rings. The quantitative estimate of drug-likeness (QED) is 0.760. The zero-order valence-electron chi connectivity index (χ0n) is 13.9. The number of urea groups is 2. The zero-order chi connectivity index (χ0) is 16.9. The molecule has 4 amide bonds. The summed E-state index contributed by atoms with van der Waals surface area (Å²) in [6.07, 6.45) is 5.01. The van der Waals surface area contributed by atoms with Crippen molar-refractivity contribution in [1.29, 1.82) is 0 Å². The molecule has 0 aliphatic carbocycles. The Kier molecular flexibility index (Phi) is 5.14. The van der Waals surface area contributed by atoms with Crippen molar-refractivity contribution in [3.63, 3.8) is 0 Å². The SMILES string of the molecule is CN1CC[C@@H](NC(=O)N[C@@H]2CCN(C(=O)Nc3cccnc3)C2)C1. The first kappa shape index (κ1) is 16.5. The minimum Gasteiger partial charge on any atom is -0.334 e. The van der Waals surface area contributed by atoms with E-state index in [-0.39, 0.29) is 24.1 Å². The minimum atomic E-state index is -0.162. The Morgan fingerprint density at radius 3 is 2.58 bits per heavy atom. The highest BCUT2D eigenvalue weighted by Gasteiger charge is 2.28. The number of likely N-dealkylation sites (tertiary alicyclic amines) is 2. The number of pyridine rings is 1. The van der Waals surface area contributed by atoms with E-state index >= 15 is 0 Å². The molecule has 0 unspecified atom stereocenters. The van der Waals surface area contributed by atoms with Gasteiger partial charge < -0.3 is 25.8 Å². The molecular weight excluding hydrogens is 308 g/mol. The molecule has 3 N–H and O–H groups in total. The molecule has 0 radical (unpaired) electrons. The fourth-order valence-corrected chi connectivity index (χ4v) is 3.17. The third-order valence-corrected chi connectivity index (χ3v) is 4.45. The van der Waals surface area contributed by atoms with Crippen LogP contribution < -0.4 is 16.0 Å². The lowest BCUT2D eigenvalue weighted by Gasteiger charge is -2.19. The van der Waals surface area contributed by atoms with Crippen LogP contribution in [0.3, 0.4) is 0 Å². The van der Waals surface area contributed by atoms with E-state index in [1.54, 1.807) is 29.4 Å². The van der Waals surface area contributed by atoms with Crippen molar-refractivity contribution in [2.75, 3.05) is 38.5 Å². The van der Waals surface area contributed by atoms with Crippen LogP contribution in [-0.2, 0) is 0 Å². The van der Waals surface area contributed by atoms with Gasteiger partial charge in [0, 0.05) is 37.9 Å². The highest BCUT2D eigenvalue weighted by molar-refractivity contribution is 5.89. The molecule has 2 atom stereocenters. The Balaban J connectivity index is 1.41. The van der Waals surface area contributed by atoms with E-state index in [0.717, 1.165) is 25.9 Å². The van der Waals surface area contributed by atoms with Crippen molar-refractivity contribution >= 4 is 17.7 Å². The average molecular weight is 332 g/mol. The molecule has 2 saturated heterocycles. The van der Waals surface area contributed by atoms with E-state index in [0.29, 0.717) is 18.8 Å². The van der Waals surface area contributed by atoms with Crippen LogP contribution in [0.5, 0.6) is 0 Å². The van der Waals surface area contributed by atoms with Gasteiger partial charge in [-0.2, -0.15) is 0 Å². The molecule has 8 nitrogen and oxygen atoms in total. The summed E-state index contributed by atoms with van der Waals surface area (Å²) < 4.78 is 0. The summed E-state index contributed by atoms with van der Waals surface area (Å²) in [6, 6.07) is 3.46. The van der Waals surface area contributed by atoms with Crippen LogP contribution >= 0.6 is 0 Å². The normalized spacial score (nSPS) is 24.0. The lowest BCUT2D eigenvalue weighted by molar-refractivity contribution is 0.219. The van der Waals surface area contributed by atoms with Gasteiger partial charge in [-0.15, -0.1) is 0 Å². The second-order valence-electron chi connectivity index (χ2n) is 6.47. The predicted molar refractivity (Wildman–Crippen MR) is 90.8 cm³/mol. The molecule has 1 aromatic heterocycles. The smallest absolute Gasteiger partial charge is 0.321 e. The molecule has 1 aromatic rings. The third-order valence-electron chi connectivity index (χ3n) is 4.45. The summed E-state index contributed by atoms with van der Waals surface area (Å²) in [5.74, 6) is 0. The molecule has 3 heterocycles. The summed E-state index contributed by atoms with van der Waals surface area (Å²) in [4.78, 5) is 32.2. The van der Waals surface area contributed by atoms with Gasteiger partial charge in [-0.3, -0.25) is 4.98 Å². The number of nitrogens with one attached hydrogen (secondary N) is 3. The summed E-state index contributed by atoms with van der Waals surface area (Å²) in [5.41, 5.74) is 0.669. The number of nitrogens with zero attached hydrogens (tertiary/aromatic N) is 3. The molecule has 8 heteroatoms. The first-order chi connectivity index (χ1) is 11.6. The van der Waals surface area contributed by atoms with Gasteiger partial charge >= 0.3 is 12.1 Å². The molecule has 130 valence electrons. The van der Waals surface area contributed by atoms with E-state index in [9.17, 15) is 9.59 Å². The van der Waals surface area contributed by atoms with Crippen molar-refractivity contribution in [2.45, 2.75) is 24.9 Å². The number of rotatable bonds is 3. The van der Waals surface area contributed by atoms with Crippen molar-refractivity contribution in [1.82, 2.24) is 25.4 Å². The first-order valence-electron chi connectivity index (χ1n) is 8.31. The highest BCUT2D eigenvalue weighted by Crippen LogP contribution is 2.12. The second kappa shape index (κ2) is 7.48. The van der Waals surface area contributed by atoms with Gasteiger partial charge in [-0.05, 0) is 38.6 Å². The maximum Gasteiger partial charge on any atom is 0.321 e. The number of amides is 4. The molecule has 3 rings (SSSR count). The van der Waals surface area contributed by atoms with Gasteiger partial charge in [0.1, 0.15) is 0 Å². The lowest BCUT2D eigenvalue weighted by atomic mass is 10.2. The number of carbonyl (C=O) groups excluding carboxylic acids is 2. The molecule has 2 aliphatic heterocycles. The number of aromatic nitrogens is 1. The fraction of sp³-hybridized carbons (Fsp3) is 0.562. The number of anilines is 1. The zero-order valence-corrected chi connectivity index (χ0v) is 13.9. The number of hydrogen-bond acceptors (Lipinski definition) is 4. The Morgan fingerprint density at radius 2 is 1.92 bits per heavy atom. The third kappa shape index (κ3) is 4.35. The number of hydrogen-bond donors (Lipinski definition) is 3. The topological polar surface area (TPSA) is 89.6 Å². The molecule has 0 saturated carbocycles. The number of carbonyl (C=O) groups is 2. The lowest BCUT2D eigenvalue weighted by Crippen LogP contribution is -2.48. The number of likely N-dealkylation sites (N-methyl/N-ethyl adjacent to an activating group) is 1. The molecule has 2 aliphatic rings. The summed E-state index contributed by atoms with van der Waals surface area (Å²) >= 11 is 0. The Hall–Kier alpha value is -2.35. The molecule has 0 bridgehead atoms. The maximum atomic E-state index is 12.2. The summed E-state index contributed by atoms with van der Waals surface area (Å²) in [6.45, 7) is 3.04. The van der Waals surface area contributed by atoms with Crippen LogP contribution in [0.4, 0.5) is 15.3 Å². The average Bonchev–Trinajstić information content (AvgIpc) is 3.17. The van der Waals surface area contributed by atoms with Crippen molar-refractivity contribution in [3.05, 3.63) is 24.5 Å². The molecule has 0 spiro atoms. The van der Waals surface area contributed by atoms with Crippen LogP contribution in [0.25, 0.3) is 0 Å². The van der Waals surface area contributed by atoms with E-state index in [1.165, 1.54) is 0 Å². The van der Waals surface area contributed by atoms with E-state index in [1.807, 2.05) is 0 Å². The van der Waals surface area contributed by atoms with Crippen molar-refractivity contribution in [2.24, 2.45) is 0 Å². The van der Waals surface area contributed by atoms with Crippen molar-refractivity contribution < 1.29 is 9.59 Å². The molecular formula is C16H24N6O2. The maximum absolute atomic E-state index is 12.2. The van der Waals surface area contributed by atoms with Crippen molar-refractivity contribution in [3.8, 4) is 0 Å². The largest absolute Gasteiger partial charge is 0.334 e. The first-order valence-corrected chi connectivity index (χ1v) is 8.31. The van der Waals surface area contributed by atoms with Gasteiger partial charge in [-0.1, -0.05) is 0 Å². The van der Waals surface area contributed by atoms with Gasteiger partial charge in [0.2, 0.25) is 0 Å². The van der Waals surface area contributed by atoms with E-state index in [4.69, 9.17) is 0 Å². The van der Waals surface area contributed by atoms with E-state index < -0.39 is 0 Å². The predicted octanol–water partition coefficient (Wildman–Crippen LogP) is 0.691. The minimum absolute atomic E-state index is 0.0104. The Morgan fingerprint density at radius 1 is 1.17 bits per heavy atom. The van der Waals surface area contributed by atoms with Gasteiger partial charge in [-0.25, -0.2) is 9.59 Å². The van der Waals surface area contributed by atoms with Crippen LogP contribution in [0.15, 0.2) is 24.5 Å².